The molecule has 1 N–H and O–H groups in total. The third kappa shape index (κ3) is 3.46. The Kier molecular flexibility index (Phi) is 5.19. The lowest BCUT2D eigenvalue weighted by Gasteiger charge is -2.27. The van der Waals surface area contributed by atoms with Gasteiger partial charge in [-0.1, -0.05) is 62.9 Å². The average Bonchev–Trinajstić information content (AvgIpc) is 2.77. The number of urea groups is 1. The van der Waals surface area contributed by atoms with Crippen LogP contribution in [0.5, 0.6) is 0 Å². The van der Waals surface area contributed by atoms with Crippen molar-refractivity contribution in [1.82, 2.24) is 15.1 Å². The van der Waals surface area contributed by atoms with E-state index < -0.39 is 5.54 Å². The molecule has 2 fully saturated rings. The topological polar surface area (TPSA) is 52.6 Å². The van der Waals surface area contributed by atoms with Gasteiger partial charge in [-0.25, -0.2) is 9.69 Å². The van der Waals surface area contributed by atoms with Crippen LogP contribution in [0.2, 0.25) is 0 Å². The lowest BCUT2D eigenvalue weighted by molar-refractivity contribution is -0.133. The Hall–Kier alpha value is -1.88. The zero-order valence-electron chi connectivity index (χ0n) is 14.5. The Labute approximate surface area is 144 Å². The second kappa shape index (κ2) is 7.34. The SMILES string of the molecule is CCN(Cc1ccccc1)CN1C(=O)NC2(CCCCCC2)C1=O. The molecule has 3 rings (SSSR count). The van der Waals surface area contributed by atoms with E-state index in [2.05, 4.69) is 29.3 Å². The minimum atomic E-state index is -0.639. The van der Waals surface area contributed by atoms with Gasteiger partial charge >= 0.3 is 6.03 Å². The van der Waals surface area contributed by atoms with Crippen LogP contribution in [0.3, 0.4) is 0 Å². The molecule has 0 aromatic heterocycles. The van der Waals surface area contributed by atoms with Crippen molar-refractivity contribution >= 4 is 11.9 Å². The van der Waals surface area contributed by atoms with Crippen molar-refractivity contribution in [2.45, 2.75) is 57.5 Å². The van der Waals surface area contributed by atoms with E-state index in [0.717, 1.165) is 51.6 Å². The van der Waals surface area contributed by atoms with Crippen LogP contribution < -0.4 is 5.32 Å². The monoisotopic (exact) mass is 329 g/mol. The molecule has 0 bridgehead atoms. The molecule has 1 spiro atoms. The molecule has 24 heavy (non-hydrogen) atoms. The van der Waals surface area contributed by atoms with Gasteiger partial charge in [-0.05, 0) is 24.9 Å². The van der Waals surface area contributed by atoms with Gasteiger partial charge < -0.3 is 5.32 Å². The summed E-state index contributed by atoms with van der Waals surface area (Å²) in [6.07, 6.45) is 5.89. The average molecular weight is 329 g/mol. The fraction of sp³-hybridized carbons (Fsp3) is 0.579. The summed E-state index contributed by atoms with van der Waals surface area (Å²) in [7, 11) is 0. The highest BCUT2D eigenvalue weighted by Crippen LogP contribution is 2.32. The number of carbonyl (C=O) groups is 2. The summed E-state index contributed by atoms with van der Waals surface area (Å²) < 4.78 is 0. The van der Waals surface area contributed by atoms with Crippen molar-refractivity contribution < 1.29 is 9.59 Å². The summed E-state index contributed by atoms with van der Waals surface area (Å²) in [5, 5.41) is 3.01. The van der Waals surface area contributed by atoms with Crippen molar-refractivity contribution in [2.24, 2.45) is 0 Å². The van der Waals surface area contributed by atoms with Crippen molar-refractivity contribution in [2.75, 3.05) is 13.2 Å². The molecule has 1 heterocycles. The first-order chi connectivity index (χ1) is 11.6. The van der Waals surface area contributed by atoms with Gasteiger partial charge in [0.15, 0.2) is 0 Å². The van der Waals surface area contributed by atoms with E-state index in [9.17, 15) is 9.59 Å². The smallest absolute Gasteiger partial charge is 0.323 e. The Morgan fingerprint density at radius 1 is 1.08 bits per heavy atom. The molecule has 1 saturated carbocycles. The number of benzene rings is 1. The Morgan fingerprint density at radius 3 is 2.38 bits per heavy atom. The second-order valence-corrected chi connectivity index (χ2v) is 6.93. The number of imide groups is 1. The summed E-state index contributed by atoms with van der Waals surface area (Å²) in [6, 6.07) is 9.93. The van der Waals surface area contributed by atoms with Crippen LogP contribution in [-0.2, 0) is 11.3 Å². The summed E-state index contributed by atoms with van der Waals surface area (Å²) in [5.41, 5.74) is 0.551. The summed E-state index contributed by atoms with van der Waals surface area (Å²) in [6.45, 7) is 3.95. The normalized spacial score (nSPS) is 20.5. The first-order valence-electron chi connectivity index (χ1n) is 9.05. The maximum absolute atomic E-state index is 13.0. The lowest BCUT2D eigenvalue weighted by Crippen LogP contribution is -2.47. The molecule has 5 nitrogen and oxygen atoms in total. The number of hydrogen-bond acceptors (Lipinski definition) is 3. The molecule has 0 unspecified atom stereocenters. The van der Waals surface area contributed by atoms with Crippen LogP contribution in [0.4, 0.5) is 4.79 Å². The van der Waals surface area contributed by atoms with E-state index in [1.165, 1.54) is 10.5 Å². The van der Waals surface area contributed by atoms with Gasteiger partial charge in [0.25, 0.3) is 5.91 Å². The molecular formula is C19H27N3O2. The molecule has 0 radical (unpaired) electrons. The van der Waals surface area contributed by atoms with Crippen molar-refractivity contribution in [1.29, 1.82) is 0 Å². The summed E-state index contributed by atoms with van der Waals surface area (Å²) in [4.78, 5) is 28.9. The summed E-state index contributed by atoms with van der Waals surface area (Å²) in [5.74, 6) is -0.0269. The van der Waals surface area contributed by atoms with Gasteiger partial charge in [0.1, 0.15) is 5.54 Å². The molecule has 1 saturated heterocycles. The Morgan fingerprint density at radius 2 is 1.75 bits per heavy atom. The van der Waals surface area contributed by atoms with Crippen LogP contribution in [0.1, 0.15) is 51.0 Å². The zero-order valence-corrected chi connectivity index (χ0v) is 14.5. The maximum Gasteiger partial charge on any atom is 0.326 e. The fourth-order valence-electron chi connectivity index (χ4n) is 3.78. The maximum atomic E-state index is 13.0. The predicted molar refractivity (Wildman–Crippen MR) is 93.2 cm³/mol. The van der Waals surface area contributed by atoms with Crippen LogP contribution in [0.15, 0.2) is 30.3 Å². The molecule has 130 valence electrons. The van der Waals surface area contributed by atoms with E-state index in [4.69, 9.17) is 0 Å². The van der Waals surface area contributed by atoms with E-state index in [1.54, 1.807) is 0 Å². The molecule has 2 aliphatic rings. The molecule has 1 aromatic carbocycles. The highest BCUT2D eigenvalue weighted by atomic mass is 16.2. The van der Waals surface area contributed by atoms with Crippen molar-refractivity contribution in [3.63, 3.8) is 0 Å². The molecular weight excluding hydrogens is 302 g/mol. The quantitative estimate of drug-likeness (QED) is 0.845. The van der Waals surface area contributed by atoms with Crippen molar-refractivity contribution in [3.8, 4) is 0 Å². The number of nitrogens with zero attached hydrogens (tertiary/aromatic N) is 2. The van der Waals surface area contributed by atoms with Gasteiger partial charge in [0.2, 0.25) is 0 Å². The number of hydrogen-bond donors (Lipinski definition) is 1. The third-order valence-corrected chi connectivity index (χ3v) is 5.24. The molecule has 5 heteroatoms. The van der Waals surface area contributed by atoms with Gasteiger partial charge in [-0.3, -0.25) is 9.69 Å². The Balaban J connectivity index is 1.69. The van der Waals surface area contributed by atoms with E-state index in [-0.39, 0.29) is 11.9 Å². The van der Waals surface area contributed by atoms with E-state index in [1.807, 2.05) is 18.2 Å². The largest absolute Gasteiger partial charge is 0.326 e. The fourth-order valence-corrected chi connectivity index (χ4v) is 3.78. The molecule has 3 amide bonds. The predicted octanol–water partition coefficient (Wildman–Crippen LogP) is 3.11. The van der Waals surface area contributed by atoms with Crippen LogP contribution in [0.25, 0.3) is 0 Å². The molecule has 1 aliphatic carbocycles. The van der Waals surface area contributed by atoms with Crippen LogP contribution >= 0.6 is 0 Å². The Bertz CT molecular complexity index is 580. The van der Waals surface area contributed by atoms with E-state index >= 15 is 0 Å². The third-order valence-electron chi connectivity index (χ3n) is 5.24. The minimum absolute atomic E-state index is 0.0269. The van der Waals surface area contributed by atoms with Gasteiger partial charge in [0.05, 0.1) is 6.67 Å². The van der Waals surface area contributed by atoms with Gasteiger partial charge in [0, 0.05) is 6.54 Å². The van der Waals surface area contributed by atoms with Gasteiger partial charge in [-0.15, -0.1) is 0 Å². The number of nitrogens with one attached hydrogen (secondary N) is 1. The standard InChI is InChI=1S/C19H27N3O2/c1-2-21(14-16-10-6-5-7-11-16)15-22-17(23)19(20-18(22)24)12-8-3-4-9-13-19/h5-7,10-11H,2-4,8-9,12-15H2,1H3,(H,20,24). The highest BCUT2D eigenvalue weighted by molar-refractivity contribution is 6.07. The minimum Gasteiger partial charge on any atom is -0.323 e. The van der Waals surface area contributed by atoms with Crippen LogP contribution in [0, 0.1) is 0 Å². The van der Waals surface area contributed by atoms with E-state index in [0.29, 0.717) is 6.67 Å². The molecule has 0 atom stereocenters. The van der Waals surface area contributed by atoms with Crippen LogP contribution in [-0.4, -0.2) is 40.5 Å². The second-order valence-electron chi connectivity index (χ2n) is 6.93. The highest BCUT2D eigenvalue weighted by Gasteiger charge is 2.50. The van der Waals surface area contributed by atoms with Gasteiger partial charge in [-0.2, -0.15) is 0 Å². The number of rotatable bonds is 5. The summed E-state index contributed by atoms with van der Waals surface area (Å²) >= 11 is 0. The lowest BCUT2D eigenvalue weighted by atomic mass is 9.90. The number of carbonyl (C=O) groups excluding carboxylic acids is 2. The zero-order chi connectivity index (χ0) is 17.0. The number of amides is 3. The van der Waals surface area contributed by atoms with Crippen molar-refractivity contribution in [3.05, 3.63) is 35.9 Å². The molecule has 1 aromatic rings. The molecule has 1 aliphatic heterocycles. The first kappa shape index (κ1) is 17.0. The first-order valence-corrected chi connectivity index (χ1v) is 9.05.